The Labute approximate surface area is 123 Å². The maximum absolute atomic E-state index is 11.3. The Morgan fingerprint density at radius 1 is 1.19 bits per heavy atom. The van der Waals surface area contributed by atoms with Gasteiger partial charge in [0.25, 0.3) is 0 Å². The molecule has 3 heteroatoms. The lowest BCUT2D eigenvalue weighted by molar-refractivity contribution is -0.138. The molecule has 2 aromatic carbocycles. The molecule has 0 saturated heterocycles. The summed E-state index contributed by atoms with van der Waals surface area (Å²) in [5.74, 6) is -0.397. The zero-order valence-corrected chi connectivity index (χ0v) is 12.0. The van der Waals surface area contributed by atoms with E-state index in [1.807, 2.05) is 24.3 Å². The molecule has 1 aromatic heterocycles. The topological polar surface area (TPSA) is 31.2 Å². The summed E-state index contributed by atoms with van der Waals surface area (Å²) in [6.07, 6.45) is 1.19. The van der Waals surface area contributed by atoms with Gasteiger partial charge in [-0.25, -0.2) is 4.79 Å². The number of aromatic nitrogens is 1. The van der Waals surface area contributed by atoms with Crippen molar-refractivity contribution >= 4 is 27.8 Å². The minimum atomic E-state index is -0.397. The lowest BCUT2D eigenvalue weighted by atomic mass is 10.1. The van der Waals surface area contributed by atoms with E-state index in [9.17, 15) is 4.79 Å². The normalized spacial score (nSPS) is 10.9. The number of rotatable bonds is 4. The first-order valence-electron chi connectivity index (χ1n) is 7.04. The largest absolute Gasteiger partial charge is 0.458 e. The van der Waals surface area contributed by atoms with Gasteiger partial charge in [0.1, 0.15) is 6.61 Å². The van der Waals surface area contributed by atoms with Gasteiger partial charge < -0.3 is 9.30 Å². The van der Waals surface area contributed by atoms with E-state index in [-0.39, 0.29) is 6.61 Å². The summed E-state index contributed by atoms with van der Waals surface area (Å²) in [7, 11) is 0. The Balaban J connectivity index is 2.22. The van der Waals surface area contributed by atoms with E-state index in [0.29, 0.717) is 0 Å². The lowest BCUT2D eigenvalue weighted by Gasteiger charge is -2.08. The third kappa shape index (κ3) is 2.21. The van der Waals surface area contributed by atoms with E-state index in [1.54, 1.807) is 0 Å². The summed E-state index contributed by atoms with van der Waals surface area (Å²) in [6.45, 7) is 6.68. The number of hydrogen-bond donors (Lipinski definition) is 0. The number of nitrogens with zero attached hydrogens (tertiary/aromatic N) is 1. The first kappa shape index (κ1) is 13.4. The van der Waals surface area contributed by atoms with Gasteiger partial charge in [-0.2, -0.15) is 0 Å². The minimum absolute atomic E-state index is 0.262. The Morgan fingerprint density at radius 2 is 1.95 bits per heavy atom. The van der Waals surface area contributed by atoms with Crippen LogP contribution in [-0.4, -0.2) is 10.5 Å². The van der Waals surface area contributed by atoms with Gasteiger partial charge in [-0.15, -0.1) is 0 Å². The third-order valence-corrected chi connectivity index (χ3v) is 3.73. The molecule has 1 heterocycles. The quantitative estimate of drug-likeness (QED) is 0.533. The Hall–Kier alpha value is -2.55. The monoisotopic (exact) mass is 279 g/mol. The molecule has 0 bridgehead atoms. The standard InChI is InChI=1S/C18H17NO2/c1-3-17(20)21-12-13-8-7-10-15-14-9-5-6-11-16(14)19(4-2)18(13)15/h3,5-11H,1,4,12H2,2H3. The van der Waals surface area contributed by atoms with Gasteiger partial charge >= 0.3 is 5.97 Å². The summed E-state index contributed by atoms with van der Waals surface area (Å²) in [6, 6.07) is 14.5. The van der Waals surface area contributed by atoms with Crippen LogP contribution < -0.4 is 0 Å². The number of ether oxygens (including phenoxy) is 1. The zero-order valence-electron chi connectivity index (χ0n) is 12.0. The molecule has 21 heavy (non-hydrogen) atoms. The highest BCUT2D eigenvalue weighted by molar-refractivity contribution is 6.09. The van der Waals surface area contributed by atoms with E-state index in [0.717, 1.165) is 17.6 Å². The minimum Gasteiger partial charge on any atom is -0.458 e. The zero-order chi connectivity index (χ0) is 14.8. The number of benzene rings is 2. The van der Waals surface area contributed by atoms with Gasteiger partial charge in [0.2, 0.25) is 0 Å². The molecular weight excluding hydrogens is 262 g/mol. The van der Waals surface area contributed by atoms with Gasteiger partial charge in [-0.1, -0.05) is 43.0 Å². The molecule has 0 N–H and O–H groups in total. The summed E-state index contributed by atoms with van der Waals surface area (Å²) < 4.78 is 7.48. The third-order valence-electron chi connectivity index (χ3n) is 3.73. The fraction of sp³-hybridized carbons (Fsp3) is 0.167. The Kier molecular flexibility index (Phi) is 3.48. The molecule has 0 radical (unpaired) electrons. The van der Waals surface area contributed by atoms with Crippen molar-refractivity contribution < 1.29 is 9.53 Å². The molecule has 0 atom stereocenters. The number of para-hydroxylation sites is 2. The molecule has 0 aliphatic rings. The van der Waals surface area contributed by atoms with E-state index in [2.05, 4.69) is 36.3 Å². The molecule has 0 fully saturated rings. The highest BCUT2D eigenvalue weighted by atomic mass is 16.5. The molecule has 0 aliphatic heterocycles. The van der Waals surface area contributed by atoms with Crippen LogP contribution in [0.15, 0.2) is 55.1 Å². The van der Waals surface area contributed by atoms with Crippen LogP contribution >= 0.6 is 0 Å². The van der Waals surface area contributed by atoms with E-state index in [4.69, 9.17) is 4.74 Å². The van der Waals surface area contributed by atoms with Crippen LogP contribution in [0.5, 0.6) is 0 Å². The summed E-state index contributed by atoms with van der Waals surface area (Å²) >= 11 is 0. The summed E-state index contributed by atoms with van der Waals surface area (Å²) in [4.78, 5) is 11.3. The molecule has 0 amide bonds. The van der Waals surface area contributed by atoms with Gasteiger partial charge in [0.05, 0.1) is 5.52 Å². The molecule has 106 valence electrons. The van der Waals surface area contributed by atoms with Crippen LogP contribution in [0.3, 0.4) is 0 Å². The van der Waals surface area contributed by atoms with Crippen molar-refractivity contribution in [3.8, 4) is 0 Å². The van der Waals surface area contributed by atoms with E-state index in [1.165, 1.54) is 22.4 Å². The molecule has 0 unspecified atom stereocenters. The van der Waals surface area contributed by atoms with E-state index >= 15 is 0 Å². The number of carbonyl (C=O) groups excluding carboxylic acids is 1. The predicted octanol–water partition coefficient (Wildman–Crippen LogP) is 4.04. The van der Waals surface area contributed by atoms with Crippen molar-refractivity contribution in [2.24, 2.45) is 0 Å². The van der Waals surface area contributed by atoms with Crippen LogP contribution in [0.25, 0.3) is 21.8 Å². The molecule has 3 aromatic rings. The average Bonchev–Trinajstić information content (AvgIpc) is 2.87. The van der Waals surface area contributed by atoms with Gasteiger partial charge in [0.15, 0.2) is 0 Å². The first-order valence-corrected chi connectivity index (χ1v) is 7.04. The Bertz CT molecular complexity index is 830. The lowest BCUT2D eigenvalue weighted by Crippen LogP contribution is -2.03. The van der Waals surface area contributed by atoms with Crippen LogP contribution in [0.2, 0.25) is 0 Å². The number of carbonyl (C=O) groups is 1. The average molecular weight is 279 g/mol. The van der Waals surface area contributed by atoms with Crippen molar-refractivity contribution in [3.05, 3.63) is 60.7 Å². The van der Waals surface area contributed by atoms with Gasteiger partial charge in [-0.3, -0.25) is 0 Å². The SMILES string of the molecule is C=CC(=O)OCc1cccc2c3ccccc3n(CC)c12. The summed E-state index contributed by atoms with van der Waals surface area (Å²) in [5, 5.41) is 2.42. The van der Waals surface area contributed by atoms with E-state index < -0.39 is 5.97 Å². The van der Waals surface area contributed by atoms with Crippen molar-refractivity contribution in [2.45, 2.75) is 20.1 Å². The van der Waals surface area contributed by atoms with Crippen molar-refractivity contribution in [3.63, 3.8) is 0 Å². The highest BCUT2D eigenvalue weighted by Crippen LogP contribution is 2.31. The number of fused-ring (bicyclic) bond motifs is 3. The fourth-order valence-corrected chi connectivity index (χ4v) is 2.84. The number of esters is 1. The molecule has 0 spiro atoms. The van der Waals surface area contributed by atoms with Crippen LogP contribution in [0, 0.1) is 0 Å². The smallest absolute Gasteiger partial charge is 0.330 e. The first-order chi connectivity index (χ1) is 10.3. The molecule has 3 nitrogen and oxygen atoms in total. The molecular formula is C18H17NO2. The van der Waals surface area contributed by atoms with Crippen molar-refractivity contribution in [1.82, 2.24) is 4.57 Å². The predicted molar refractivity (Wildman–Crippen MR) is 85.1 cm³/mol. The second-order valence-electron chi connectivity index (χ2n) is 4.89. The molecule has 0 saturated carbocycles. The second-order valence-corrected chi connectivity index (χ2v) is 4.89. The van der Waals surface area contributed by atoms with Crippen LogP contribution in [-0.2, 0) is 22.7 Å². The van der Waals surface area contributed by atoms with Crippen molar-refractivity contribution in [2.75, 3.05) is 0 Å². The van der Waals surface area contributed by atoms with Gasteiger partial charge in [-0.05, 0) is 13.0 Å². The van der Waals surface area contributed by atoms with Crippen LogP contribution in [0.1, 0.15) is 12.5 Å². The second kappa shape index (κ2) is 5.44. The maximum Gasteiger partial charge on any atom is 0.330 e. The molecule has 3 rings (SSSR count). The van der Waals surface area contributed by atoms with Crippen LogP contribution in [0.4, 0.5) is 0 Å². The fourth-order valence-electron chi connectivity index (χ4n) is 2.84. The number of hydrogen-bond acceptors (Lipinski definition) is 2. The Morgan fingerprint density at radius 3 is 2.71 bits per heavy atom. The van der Waals surface area contributed by atoms with Gasteiger partial charge in [0, 0.05) is 34.5 Å². The van der Waals surface area contributed by atoms with Crippen molar-refractivity contribution in [1.29, 1.82) is 0 Å². The highest BCUT2D eigenvalue weighted by Gasteiger charge is 2.13. The maximum atomic E-state index is 11.3. The molecule has 0 aliphatic carbocycles. The summed E-state index contributed by atoms with van der Waals surface area (Å²) in [5.41, 5.74) is 3.36. The number of aryl methyl sites for hydroxylation is 1.